The molecule has 1 fully saturated rings. The number of aryl methyl sites for hydroxylation is 2. The van der Waals surface area contributed by atoms with Gasteiger partial charge in [-0.1, -0.05) is 11.2 Å². The van der Waals surface area contributed by atoms with E-state index in [0.29, 0.717) is 12.2 Å². The number of pyridine rings is 1. The second kappa shape index (κ2) is 7.12. The first-order valence-electron chi connectivity index (χ1n) is 9.30. The van der Waals surface area contributed by atoms with Gasteiger partial charge in [0.15, 0.2) is 5.76 Å². The highest BCUT2D eigenvalue weighted by Crippen LogP contribution is 2.26. The maximum atomic E-state index is 12.6. The molecule has 3 heterocycles. The molecule has 4 rings (SSSR count). The van der Waals surface area contributed by atoms with Crippen molar-refractivity contribution in [2.75, 3.05) is 33.2 Å². The Balaban J connectivity index is 1.57. The number of likely N-dealkylation sites (N-methyl/N-ethyl adjacent to an activating group) is 1. The van der Waals surface area contributed by atoms with E-state index < -0.39 is 0 Å². The standard InChI is InChI=1S/C21H24N4O2/c1-14-10-19(20-11-15(2)23-27-20)22-18-5-4-16(12-17(14)18)13-21(26)25-8-6-24(3)7-9-25/h4-5,10-12H,6-9,13H2,1-3H3. The molecule has 1 amide bonds. The van der Waals surface area contributed by atoms with Gasteiger partial charge in [0.05, 0.1) is 17.6 Å². The Morgan fingerprint density at radius 1 is 1.11 bits per heavy atom. The van der Waals surface area contributed by atoms with Crippen molar-refractivity contribution >= 4 is 16.8 Å². The summed E-state index contributed by atoms with van der Waals surface area (Å²) in [6, 6.07) is 9.96. The van der Waals surface area contributed by atoms with Gasteiger partial charge in [0.2, 0.25) is 5.91 Å². The van der Waals surface area contributed by atoms with Gasteiger partial charge in [0.1, 0.15) is 5.69 Å². The molecule has 0 aliphatic carbocycles. The van der Waals surface area contributed by atoms with Crippen LogP contribution in [0.2, 0.25) is 0 Å². The molecule has 1 aliphatic heterocycles. The number of rotatable bonds is 3. The van der Waals surface area contributed by atoms with Gasteiger partial charge in [-0.2, -0.15) is 0 Å². The zero-order valence-corrected chi connectivity index (χ0v) is 16.0. The first-order chi connectivity index (χ1) is 13.0. The molecule has 0 spiro atoms. The van der Waals surface area contributed by atoms with Crippen molar-refractivity contribution in [3.8, 4) is 11.5 Å². The number of carbonyl (C=O) groups excluding carboxylic acids is 1. The minimum Gasteiger partial charge on any atom is -0.354 e. The predicted molar refractivity (Wildman–Crippen MR) is 104 cm³/mol. The van der Waals surface area contributed by atoms with Gasteiger partial charge in [-0.05, 0) is 50.2 Å². The molecule has 1 aromatic carbocycles. The molecule has 1 saturated heterocycles. The van der Waals surface area contributed by atoms with Gasteiger partial charge < -0.3 is 14.3 Å². The van der Waals surface area contributed by atoms with Crippen LogP contribution in [0.4, 0.5) is 0 Å². The normalized spacial score (nSPS) is 15.4. The molecule has 0 N–H and O–H groups in total. The van der Waals surface area contributed by atoms with E-state index in [1.807, 2.05) is 36.1 Å². The molecule has 0 atom stereocenters. The Morgan fingerprint density at radius 3 is 2.59 bits per heavy atom. The van der Waals surface area contributed by atoms with Crippen molar-refractivity contribution in [2.45, 2.75) is 20.3 Å². The summed E-state index contributed by atoms with van der Waals surface area (Å²) in [5.41, 5.74) is 4.65. The number of hydrogen-bond acceptors (Lipinski definition) is 5. The van der Waals surface area contributed by atoms with E-state index >= 15 is 0 Å². The number of nitrogens with zero attached hydrogens (tertiary/aromatic N) is 4. The topological polar surface area (TPSA) is 62.5 Å². The first kappa shape index (κ1) is 17.7. The molecule has 0 bridgehead atoms. The number of piperazine rings is 1. The maximum absolute atomic E-state index is 12.6. The summed E-state index contributed by atoms with van der Waals surface area (Å²) < 4.78 is 5.34. The molecule has 140 valence electrons. The minimum atomic E-state index is 0.196. The van der Waals surface area contributed by atoms with Gasteiger partial charge >= 0.3 is 0 Å². The third-order valence-corrected chi connectivity index (χ3v) is 5.17. The highest BCUT2D eigenvalue weighted by molar-refractivity contribution is 5.87. The molecule has 6 heteroatoms. The fourth-order valence-corrected chi connectivity index (χ4v) is 3.50. The lowest BCUT2D eigenvalue weighted by Crippen LogP contribution is -2.47. The molecule has 0 radical (unpaired) electrons. The van der Waals surface area contributed by atoms with Crippen LogP contribution in [0.15, 0.2) is 34.9 Å². The SMILES string of the molecule is Cc1cc(-c2cc(C)c3cc(CC(=O)N4CCN(C)CC4)ccc3n2)on1. The summed E-state index contributed by atoms with van der Waals surface area (Å²) >= 11 is 0. The molecule has 27 heavy (non-hydrogen) atoms. The van der Waals surface area contributed by atoms with Crippen molar-refractivity contribution in [1.29, 1.82) is 0 Å². The second-order valence-corrected chi connectivity index (χ2v) is 7.37. The van der Waals surface area contributed by atoms with E-state index in [1.165, 1.54) is 0 Å². The van der Waals surface area contributed by atoms with Gasteiger partial charge in [0, 0.05) is 37.6 Å². The van der Waals surface area contributed by atoms with Crippen molar-refractivity contribution in [3.63, 3.8) is 0 Å². The zero-order valence-electron chi connectivity index (χ0n) is 16.0. The molecule has 3 aromatic rings. The average molecular weight is 364 g/mol. The van der Waals surface area contributed by atoms with Crippen LogP contribution in [-0.4, -0.2) is 59.1 Å². The second-order valence-electron chi connectivity index (χ2n) is 7.37. The molecule has 2 aromatic heterocycles. The lowest BCUT2D eigenvalue weighted by atomic mass is 10.0. The van der Waals surface area contributed by atoms with E-state index in [1.54, 1.807) is 0 Å². The molecule has 6 nitrogen and oxygen atoms in total. The third kappa shape index (κ3) is 3.71. The number of aromatic nitrogens is 2. The molecule has 0 unspecified atom stereocenters. The highest BCUT2D eigenvalue weighted by Gasteiger charge is 2.19. The van der Waals surface area contributed by atoms with Crippen LogP contribution in [0.1, 0.15) is 16.8 Å². The van der Waals surface area contributed by atoms with E-state index in [-0.39, 0.29) is 5.91 Å². The van der Waals surface area contributed by atoms with Crippen LogP contribution in [-0.2, 0) is 11.2 Å². The van der Waals surface area contributed by atoms with E-state index in [2.05, 4.69) is 30.1 Å². The summed E-state index contributed by atoms with van der Waals surface area (Å²) in [5.74, 6) is 0.869. The minimum absolute atomic E-state index is 0.196. The fourth-order valence-electron chi connectivity index (χ4n) is 3.50. The van der Waals surface area contributed by atoms with E-state index in [4.69, 9.17) is 9.51 Å². The Labute approximate surface area is 158 Å². The largest absolute Gasteiger partial charge is 0.354 e. The average Bonchev–Trinajstić information content (AvgIpc) is 3.09. The Morgan fingerprint density at radius 2 is 1.89 bits per heavy atom. The van der Waals surface area contributed by atoms with Crippen LogP contribution >= 0.6 is 0 Å². The zero-order chi connectivity index (χ0) is 19.0. The summed E-state index contributed by atoms with van der Waals surface area (Å²) in [6.07, 6.45) is 0.433. The quantitative estimate of drug-likeness (QED) is 0.715. The Kier molecular flexibility index (Phi) is 4.66. The number of amides is 1. The molecule has 1 aliphatic rings. The molecular formula is C21H24N4O2. The Hall–Kier alpha value is -2.73. The summed E-state index contributed by atoms with van der Waals surface area (Å²) in [6.45, 7) is 7.45. The summed E-state index contributed by atoms with van der Waals surface area (Å²) in [5, 5.41) is 5.01. The van der Waals surface area contributed by atoms with E-state index in [0.717, 1.165) is 59.6 Å². The fraction of sp³-hybridized carbons (Fsp3) is 0.381. The first-order valence-corrected chi connectivity index (χ1v) is 9.30. The van der Waals surface area contributed by atoms with Crippen LogP contribution in [0, 0.1) is 13.8 Å². The maximum Gasteiger partial charge on any atom is 0.227 e. The summed E-state index contributed by atoms with van der Waals surface area (Å²) in [4.78, 5) is 21.5. The number of fused-ring (bicyclic) bond motifs is 1. The van der Waals surface area contributed by atoms with Crippen LogP contribution in [0.3, 0.4) is 0 Å². The van der Waals surface area contributed by atoms with Gasteiger partial charge in [-0.3, -0.25) is 4.79 Å². The van der Waals surface area contributed by atoms with Crippen LogP contribution < -0.4 is 0 Å². The van der Waals surface area contributed by atoms with Crippen molar-refractivity contribution in [3.05, 3.63) is 47.2 Å². The Bertz CT molecular complexity index is 987. The van der Waals surface area contributed by atoms with Crippen LogP contribution in [0.5, 0.6) is 0 Å². The third-order valence-electron chi connectivity index (χ3n) is 5.17. The predicted octanol–water partition coefficient (Wildman–Crippen LogP) is 2.82. The smallest absolute Gasteiger partial charge is 0.227 e. The van der Waals surface area contributed by atoms with Crippen molar-refractivity contribution in [1.82, 2.24) is 19.9 Å². The highest BCUT2D eigenvalue weighted by atomic mass is 16.5. The summed E-state index contributed by atoms with van der Waals surface area (Å²) in [7, 11) is 2.09. The van der Waals surface area contributed by atoms with Crippen LogP contribution in [0.25, 0.3) is 22.4 Å². The van der Waals surface area contributed by atoms with Crippen molar-refractivity contribution < 1.29 is 9.32 Å². The number of hydrogen-bond donors (Lipinski definition) is 0. The number of benzene rings is 1. The molecule has 0 saturated carbocycles. The van der Waals surface area contributed by atoms with Gasteiger partial charge in [-0.15, -0.1) is 0 Å². The molecular weight excluding hydrogens is 340 g/mol. The lowest BCUT2D eigenvalue weighted by Gasteiger charge is -2.32. The van der Waals surface area contributed by atoms with Gasteiger partial charge in [0.25, 0.3) is 0 Å². The lowest BCUT2D eigenvalue weighted by molar-refractivity contribution is -0.132. The van der Waals surface area contributed by atoms with Gasteiger partial charge in [-0.25, -0.2) is 4.98 Å². The van der Waals surface area contributed by atoms with E-state index in [9.17, 15) is 4.79 Å². The monoisotopic (exact) mass is 364 g/mol. The van der Waals surface area contributed by atoms with Crippen molar-refractivity contribution in [2.24, 2.45) is 0 Å². The number of carbonyl (C=O) groups is 1.